The average molecular weight is 310 g/mol. The van der Waals surface area contributed by atoms with Gasteiger partial charge in [-0.3, -0.25) is 0 Å². The molecule has 1 aromatic carbocycles. The highest BCUT2D eigenvalue weighted by molar-refractivity contribution is 7.89. The molecular formula is C16H26N2O2S. The molecule has 0 unspecified atom stereocenters. The van der Waals surface area contributed by atoms with Gasteiger partial charge in [-0.15, -0.1) is 0 Å². The fourth-order valence-corrected chi connectivity index (χ4v) is 4.33. The number of rotatable bonds is 7. The number of hydrogen-bond donors (Lipinski definition) is 1. The summed E-state index contributed by atoms with van der Waals surface area (Å²) in [5.74, 6) is 0.297. The molecule has 0 aromatic heterocycles. The second kappa shape index (κ2) is 7.92. The van der Waals surface area contributed by atoms with Crippen LogP contribution in [-0.2, 0) is 16.6 Å². The minimum atomic E-state index is -3.03. The Morgan fingerprint density at radius 1 is 1.19 bits per heavy atom. The van der Waals surface area contributed by atoms with E-state index in [2.05, 4.69) is 17.4 Å². The van der Waals surface area contributed by atoms with Gasteiger partial charge in [0.25, 0.3) is 0 Å². The van der Waals surface area contributed by atoms with Gasteiger partial charge in [0.05, 0.1) is 5.75 Å². The third kappa shape index (κ3) is 5.09. The monoisotopic (exact) mass is 310 g/mol. The number of piperidine rings is 1. The molecule has 1 aromatic rings. The summed E-state index contributed by atoms with van der Waals surface area (Å²) in [5, 5.41) is 3.53. The van der Waals surface area contributed by atoms with Crippen LogP contribution in [0.2, 0.25) is 0 Å². The van der Waals surface area contributed by atoms with Crippen LogP contribution in [0.15, 0.2) is 30.3 Å². The molecule has 118 valence electrons. The maximum atomic E-state index is 12.1. The summed E-state index contributed by atoms with van der Waals surface area (Å²) in [6.07, 6.45) is 3.49. The van der Waals surface area contributed by atoms with E-state index in [9.17, 15) is 8.42 Å². The van der Waals surface area contributed by atoms with E-state index in [1.165, 1.54) is 5.56 Å². The summed E-state index contributed by atoms with van der Waals surface area (Å²) in [5.41, 5.74) is 1.27. The standard InChI is InChI=1S/C16H26N2O2S/c1-2-3-13-21(19,20)18-11-9-16(10-12-18)17-14-15-7-5-4-6-8-15/h4-8,16-17H,2-3,9-14H2,1H3. The zero-order chi connectivity index (χ0) is 15.1. The summed E-state index contributed by atoms with van der Waals surface area (Å²) < 4.78 is 25.9. The van der Waals surface area contributed by atoms with Gasteiger partial charge < -0.3 is 5.32 Å². The van der Waals surface area contributed by atoms with E-state index in [1.807, 2.05) is 25.1 Å². The maximum Gasteiger partial charge on any atom is 0.214 e. The molecule has 1 aliphatic rings. The third-order valence-electron chi connectivity index (χ3n) is 4.04. The first kappa shape index (κ1) is 16.5. The molecule has 2 rings (SSSR count). The molecular weight excluding hydrogens is 284 g/mol. The molecule has 0 amide bonds. The lowest BCUT2D eigenvalue weighted by molar-refractivity contribution is 0.288. The van der Waals surface area contributed by atoms with E-state index in [1.54, 1.807) is 4.31 Å². The van der Waals surface area contributed by atoms with Crippen LogP contribution >= 0.6 is 0 Å². The van der Waals surface area contributed by atoms with Crippen LogP contribution in [0.5, 0.6) is 0 Å². The van der Waals surface area contributed by atoms with Crippen LogP contribution in [0.1, 0.15) is 38.2 Å². The van der Waals surface area contributed by atoms with Gasteiger partial charge >= 0.3 is 0 Å². The number of benzene rings is 1. The molecule has 1 saturated heterocycles. The molecule has 0 aliphatic carbocycles. The Morgan fingerprint density at radius 3 is 2.48 bits per heavy atom. The molecule has 1 aliphatic heterocycles. The predicted molar refractivity (Wildman–Crippen MR) is 86.6 cm³/mol. The summed E-state index contributed by atoms with van der Waals surface area (Å²) in [4.78, 5) is 0. The summed E-state index contributed by atoms with van der Waals surface area (Å²) in [6, 6.07) is 10.7. The van der Waals surface area contributed by atoms with E-state index in [0.717, 1.165) is 32.2 Å². The normalized spacial score (nSPS) is 18.0. The van der Waals surface area contributed by atoms with E-state index >= 15 is 0 Å². The fourth-order valence-electron chi connectivity index (χ4n) is 2.65. The summed E-state index contributed by atoms with van der Waals surface area (Å²) in [6.45, 7) is 4.18. The lowest BCUT2D eigenvalue weighted by atomic mass is 10.1. The summed E-state index contributed by atoms with van der Waals surface area (Å²) in [7, 11) is -3.03. The molecule has 1 fully saturated rings. The predicted octanol–water partition coefficient (Wildman–Crippen LogP) is 2.37. The van der Waals surface area contributed by atoms with Gasteiger partial charge in [-0.25, -0.2) is 12.7 Å². The highest BCUT2D eigenvalue weighted by Crippen LogP contribution is 2.16. The van der Waals surface area contributed by atoms with Crippen molar-refractivity contribution in [2.75, 3.05) is 18.8 Å². The Morgan fingerprint density at radius 2 is 1.86 bits per heavy atom. The van der Waals surface area contributed by atoms with E-state index in [-0.39, 0.29) is 0 Å². The zero-order valence-electron chi connectivity index (χ0n) is 12.8. The minimum absolute atomic E-state index is 0.297. The summed E-state index contributed by atoms with van der Waals surface area (Å²) >= 11 is 0. The van der Waals surface area contributed by atoms with E-state index < -0.39 is 10.0 Å². The smallest absolute Gasteiger partial charge is 0.214 e. The van der Waals surface area contributed by atoms with Crippen LogP contribution in [0.25, 0.3) is 0 Å². The van der Waals surface area contributed by atoms with Crippen LogP contribution < -0.4 is 5.32 Å². The first-order chi connectivity index (χ1) is 10.1. The number of nitrogens with one attached hydrogen (secondary N) is 1. The molecule has 0 spiro atoms. The van der Waals surface area contributed by atoms with Crippen LogP contribution in [-0.4, -0.2) is 37.6 Å². The van der Waals surface area contributed by atoms with Crippen LogP contribution in [0, 0.1) is 0 Å². The van der Waals surface area contributed by atoms with Crippen molar-refractivity contribution in [1.82, 2.24) is 9.62 Å². The SMILES string of the molecule is CCCCS(=O)(=O)N1CCC(NCc2ccccc2)CC1. The van der Waals surface area contributed by atoms with Crippen molar-refractivity contribution in [1.29, 1.82) is 0 Å². The van der Waals surface area contributed by atoms with E-state index in [0.29, 0.717) is 24.9 Å². The molecule has 0 bridgehead atoms. The largest absolute Gasteiger partial charge is 0.310 e. The van der Waals surface area contributed by atoms with Crippen molar-refractivity contribution in [2.45, 2.75) is 45.2 Å². The second-order valence-electron chi connectivity index (χ2n) is 5.71. The van der Waals surface area contributed by atoms with Crippen molar-refractivity contribution in [2.24, 2.45) is 0 Å². The molecule has 1 heterocycles. The molecule has 0 saturated carbocycles. The van der Waals surface area contributed by atoms with Gasteiger partial charge in [0.1, 0.15) is 0 Å². The van der Waals surface area contributed by atoms with Gasteiger partial charge in [0.15, 0.2) is 0 Å². The van der Waals surface area contributed by atoms with Crippen molar-refractivity contribution >= 4 is 10.0 Å². The van der Waals surface area contributed by atoms with Crippen molar-refractivity contribution < 1.29 is 8.42 Å². The highest BCUT2D eigenvalue weighted by atomic mass is 32.2. The Balaban J connectivity index is 1.75. The highest BCUT2D eigenvalue weighted by Gasteiger charge is 2.27. The Hall–Kier alpha value is -0.910. The van der Waals surface area contributed by atoms with Crippen molar-refractivity contribution in [3.8, 4) is 0 Å². The Kier molecular flexibility index (Phi) is 6.21. The first-order valence-electron chi connectivity index (χ1n) is 7.87. The molecule has 4 nitrogen and oxygen atoms in total. The van der Waals surface area contributed by atoms with Gasteiger partial charge in [-0.05, 0) is 24.8 Å². The molecule has 5 heteroatoms. The van der Waals surface area contributed by atoms with Gasteiger partial charge in [0.2, 0.25) is 10.0 Å². The number of hydrogen-bond acceptors (Lipinski definition) is 3. The number of unbranched alkanes of at least 4 members (excludes halogenated alkanes) is 1. The van der Waals surface area contributed by atoms with Crippen LogP contribution in [0.3, 0.4) is 0 Å². The lowest BCUT2D eigenvalue weighted by Crippen LogP contribution is -2.45. The number of nitrogens with zero attached hydrogens (tertiary/aromatic N) is 1. The third-order valence-corrected chi connectivity index (χ3v) is 6.00. The van der Waals surface area contributed by atoms with Gasteiger partial charge in [0, 0.05) is 25.7 Å². The minimum Gasteiger partial charge on any atom is -0.310 e. The van der Waals surface area contributed by atoms with Gasteiger partial charge in [-0.2, -0.15) is 0 Å². The first-order valence-corrected chi connectivity index (χ1v) is 9.48. The number of sulfonamides is 1. The topological polar surface area (TPSA) is 49.4 Å². The Labute approximate surface area is 128 Å². The average Bonchev–Trinajstić information content (AvgIpc) is 2.52. The van der Waals surface area contributed by atoms with Crippen molar-refractivity contribution in [3.63, 3.8) is 0 Å². The van der Waals surface area contributed by atoms with Crippen molar-refractivity contribution in [3.05, 3.63) is 35.9 Å². The van der Waals surface area contributed by atoms with E-state index in [4.69, 9.17) is 0 Å². The molecule has 1 N–H and O–H groups in total. The Bertz CT molecular complexity index is 508. The van der Waals surface area contributed by atoms with Gasteiger partial charge in [-0.1, -0.05) is 43.7 Å². The quantitative estimate of drug-likeness (QED) is 0.841. The molecule has 0 atom stereocenters. The van der Waals surface area contributed by atoms with Crippen LogP contribution in [0.4, 0.5) is 0 Å². The fraction of sp³-hybridized carbons (Fsp3) is 0.625. The zero-order valence-corrected chi connectivity index (χ0v) is 13.6. The molecule has 0 radical (unpaired) electrons. The second-order valence-corrected chi connectivity index (χ2v) is 7.80. The molecule has 21 heavy (non-hydrogen) atoms. The lowest BCUT2D eigenvalue weighted by Gasteiger charge is -2.31. The maximum absolute atomic E-state index is 12.1.